The van der Waals surface area contributed by atoms with Gasteiger partial charge in [-0.2, -0.15) is 0 Å². The van der Waals surface area contributed by atoms with Crippen molar-refractivity contribution in [2.24, 2.45) is 0 Å². The number of hydrogen-bond acceptors (Lipinski definition) is 4. The number of methoxy groups -OCH3 is 1. The molecule has 1 heterocycles. The minimum Gasteiger partial charge on any atom is -0.479 e. The fraction of sp³-hybridized carbons (Fsp3) is 0.174. The number of benzene rings is 2. The van der Waals surface area contributed by atoms with Gasteiger partial charge in [-0.3, -0.25) is 0 Å². The van der Waals surface area contributed by atoms with Crippen LogP contribution in [0.25, 0.3) is 6.08 Å². The zero-order chi connectivity index (χ0) is 19.1. The first-order valence-electron chi connectivity index (χ1n) is 8.76. The summed E-state index contributed by atoms with van der Waals surface area (Å²) in [4.78, 5) is 12.7. The molecule has 27 heavy (non-hydrogen) atoms. The van der Waals surface area contributed by atoms with Crippen LogP contribution in [0.3, 0.4) is 0 Å². The molecule has 0 N–H and O–H groups in total. The normalized spacial score (nSPS) is 10.9. The molecular formula is C23H22O3S. The highest BCUT2D eigenvalue weighted by Gasteiger charge is 2.08. The van der Waals surface area contributed by atoms with E-state index in [1.807, 2.05) is 30.3 Å². The van der Waals surface area contributed by atoms with Crippen LogP contribution in [0, 0.1) is 6.92 Å². The molecule has 0 saturated carbocycles. The van der Waals surface area contributed by atoms with Crippen molar-refractivity contribution >= 4 is 23.4 Å². The minimum atomic E-state index is -0.320. The van der Waals surface area contributed by atoms with Gasteiger partial charge in [0.1, 0.15) is 6.61 Å². The summed E-state index contributed by atoms with van der Waals surface area (Å²) < 4.78 is 10.8. The number of carbonyl (C=O) groups excluding carboxylic acids is 1. The van der Waals surface area contributed by atoms with Crippen LogP contribution >= 0.6 is 11.3 Å². The number of hydrogen-bond donors (Lipinski definition) is 0. The van der Waals surface area contributed by atoms with Crippen LogP contribution in [-0.2, 0) is 17.8 Å². The van der Waals surface area contributed by atoms with Crippen molar-refractivity contribution in [2.45, 2.75) is 20.0 Å². The van der Waals surface area contributed by atoms with Gasteiger partial charge in [-0.25, -0.2) is 4.79 Å². The zero-order valence-corrected chi connectivity index (χ0v) is 16.3. The second-order valence-electron chi connectivity index (χ2n) is 6.16. The lowest BCUT2D eigenvalue weighted by molar-refractivity contribution is 0.0600. The smallest absolute Gasteiger partial charge is 0.337 e. The van der Waals surface area contributed by atoms with Crippen LogP contribution in [0.1, 0.15) is 31.9 Å². The van der Waals surface area contributed by atoms with Gasteiger partial charge >= 0.3 is 5.97 Å². The van der Waals surface area contributed by atoms with Gasteiger partial charge in [0, 0.05) is 10.4 Å². The molecule has 2 aromatic carbocycles. The van der Waals surface area contributed by atoms with Gasteiger partial charge in [-0.1, -0.05) is 54.6 Å². The second-order valence-corrected chi connectivity index (χ2v) is 7.38. The Labute approximate surface area is 163 Å². The number of esters is 1. The molecule has 0 fully saturated rings. The summed E-state index contributed by atoms with van der Waals surface area (Å²) in [7, 11) is 1.39. The summed E-state index contributed by atoms with van der Waals surface area (Å²) in [6.07, 6.45) is 4.96. The van der Waals surface area contributed by atoms with Crippen molar-refractivity contribution in [3.8, 4) is 5.06 Å². The molecule has 0 unspecified atom stereocenters. The average Bonchev–Trinajstić information content (AvgIpc) is 3.06. The van der Waals surface area contributed by atoms with Gasteiger partial charge in [0.25, 0.3) is 0 Å². The lowest BCUT2D eigenvalue weighted by Gasteiger charge is -2.06. The van der Waals surface area contributed by atoms with Crippen LogP contribution in [0.15, 0.2) is 66.7 Å². The van der Waals surface area contributed by atoms with E-state index in [0.717, 1.165) is 22.6 Å². The molecule has 0 saturated heterocycles. The van der Waals surface area contributed by atoms with E-state index in [1.165, 1.54) is 17.6 Å². The predicted octanol–water partition coefficient (Wildman–Crippen LogP) is 5.68. The lowest BCUT2D eigenvalue weighted by Crippen LogP contribution is -2.00. The molecule has 0 amide bonds. The van der Waals surface area contributed by atoms with Crippen molar-refractivity contribution < 1.29 is 14.3 Å². The van der Waals surface area contributed by atoms with Crippen LogP contribution in [-0.4, -0.2) is 13.1 Å². The SMILES string of the molecule is COC(=O)c1ccc(C=CCc2cc(C)sc2OCc2ccccc2)cc1. The number of carbonyl (C=O) groups is 1. The van der Waals surface area contributed by atoms with Gasteiger partial charge in [0.2, 0.25) is 0 Å². The third-order valence-electron chi connectivity index (χ3n) is 4.09. The second kappa shape index (κ2) is 9.19. The van der Waals surface area contributed by atoms with Gasteiger partial charge in [0.05, 0.1) is 12.7 Å². The van der Waals surface area contributed by atoms with Crippen molar-refractivity contribution in [1.82, 2.24) is 0 Å². The maximum Gasteiger partial charge on any atom is 0.337 e. The topological polar surface area (TPSA) is 35.5 Å². The molecule has 0 aliphatic carbocycles. The van der Waals surface area contributed by atoms with E-state index in [2.05, 4.69) is 37.3 Å². The van der Waals surface area contributed by atoms with Gasteiger partial charge < -0.3 is 9.47 Å². The third-order valence-corrected chi connectivity index (χ3v) is 5.09. The number of ether oxygens (including phenoxy) is 2. The average molecular weight is 378 g/mol. The number of aryl methyl sites for hydroxylation is 1. The molecule has 0 aliphatic rings. The molecule has 0 atom stereocenters. The van der Waals surface area contributed by atoms with Gasteiger partial charge in [0.15, 0.2) is 5.06 Å². The van der Waals surface area contributed by atoms with E-state index in [1.54, 1.807) is 23.5 Å². The third kappa shape index (κ3) is 5.31. The number of rotatable bonds is 7. The molecular weight excluding hydrogens is 356 g/mol. The predicted molar refractivity (Wildman–Crippen MR) is 110 cm³/mol. The summed E-state index contributed by atoms with van der Waals surface area (Å²) >= 11 is 1.68. The Balaban J connectivity index is 1.62. The molecule has 3 rings (SSSR count). The highest BCUT2D eigenvalue weighted by atomic mass is 32.1. The highest BCUT2D eigenvalue weighted by Crippen LogP contribution is 2.31. The summed E-state index contributed by atoms with van der Waals surface area (Å²) in [5.41, 5.74) is 3.95. The van der Waals surface area contributed by atoms with Gasteiger partial charge in [-0.15, -0.1) is 11.3 Å². The lowest BCUT2D eigenvalue weighted by atomic mass is 10.1. The Morgan fingerprint density at radius 1 is 1.07 bits per heavy atom. The van der Waals surface area contributed by atoms with Crippen LogP contribution in [0.2, 0.25) is 0 Å². The highest BCUT2D eigenvalue weighted by molar-refractivity contribution is 7.14. The van der Waals surface area contributed by atoms with E-state index < -0.39 is 0 Å². The summed E-state index contributed by atoms with van der Waals surface area (Å²) in [6, 6.07) is 19.7. The largest absolute Gasteiger partial charge is 0.479 e. The summed E-state index contributed by atoms with van der Waals surface area (Å²) in [6.45, 7) is 2.67. The first-order valence-corrected chi connectivity index (χ1v) is 9.58. The molecule has 0 aliphatic heterocycles. The van der Waals surface area contributed by atoms with Crippen LogP contribution < -0.4 is 4.74 Å². The van der Waals surface area contributed by atoms with E-state index in [4.69, 9.17) is 9.47 Å². The van der Waals surface area contributed by atoms with E-state index in [9.17, 15) is 4.79 Å². The molecule has 3 nitrogen and oxygen atoms in total. The van der Waals surface area contributed by atoms with Crippen LogP contribution in [0.5, 0.6) is 5.06 Å². The van der Waals surface area contributed by atoms with Crippen molar-refractivity contribution in [1.29, 1.82) is 0 Å². The summed E-state index contributed by atoms with van der Waals surface area (Å²) in [5.74, 6) is -0.320. The van der Waals surface area contributed by atoms with Crippen molar-refractivity contribution in [3.05, 3.63) is 93.9 Å². The van der Waals surface area contributed by atoms with E-state index in [0.29, 0.717) is 12.2 Å². The first-order chi connectivity index (χ1) is 13.2. The minimum absolute atomic E-state index is 0.320. The molecule has 0 spiro atoms. The molecule has 0 bridgehead atoms. The Kier molecular flexibility index (Phi) is 6.44. The van der Waals surface area contributed by atoms with Crippen LogP contribution in [0.4, 0.5) is 0 Å². The molecule has 4 heteroatoms. The first kappa shape index (κ1) is 18.9. The molecule has 138 valence electrons. The zero-order valence-electron chi connectivity index (χ0n) is 15.5. The summed E-state index contributed by atoms with van der Waals surface area (Å²) in [5, 5.41) is 0.974. The number of thiophene rings is 1. The van der Waals surface area contributed by atoms with E-state index >= 15 is 0 Å². The Bertz CT molecular complexity index is 909. The Hall–Kier alpha value is -2.85. The fourth-order valence-corrected chi connectivity index (χ4v) is 3.59. The number of allylic oxidation sites excluding steroid dienone is 1. The van der Waals surface area contributed by atoms with Gasteiger partial charge in [-0.05, 0) is 42.7 Å². The van der Waals surface area contributed by atoms with Crippen molar-refractivity contribution in [3.63, 3.8) is 0 Å². The fourth-order valence-electron chi connectivity index (χ4n) is 2.70. The maximum atomic E-state index is 11.5. The van der Waals surface area contributed by atoms with E-state index in [-0.39, 0.29) is 5.97 Å². The molecule has 3 aromatic rings. The Morgan fingerprint density at radius 2 is 1.81 bits per heavy atom. The standard InChI is InChI=1S/C23H22O3S/c1-17-15-21(23(27-17)26-16-19-7-4-3-5-8-19)10-6-9-18-11-13-20(14-12-18)22(24)25-2/h3-9,11-15H,10,16H2,1-2H3. The molecule has 0 radical (unpaired) electrons. The maximum absolute atomic E-state index is 11.5. The Morgan fingerprint density at radius 3 is 2.52 bits per heavy atom. The van der Waals surface area contributed by atoms with Crippen molar-refractivity contribution in [2.75, 3.05) is 7.11 Å². The quantitative estimate of drug-likeness (QED) is 0.496. The monoisotopic (exact) mass is 378 g/mol. The molecule has 1 aromatic heterocycles.